The number of nitrogens with one attached hydrogen (secondary N) is 1. The molecule has 3 rings (SSSR count). The summed E-state index contributed by atoms with van der Waals surface area (Å²) in [7, 11) is 2.27. The second-order valence-electron chi connectivity index (χ2n) is 6.90. The molecular weight excluding hydrogens is 463 g/mol. The Kier molecular flexibility index (Phi) is 6.87. The van der Waals surface area contributed by atoms with Crippen molar-refractivity contribution in [2.24, 2.45) is 4.99 Å². The lowest BCUT2D eigenvalue weighted by Gasteiger charge is -2.28. The van der Waals surface area contributed by atoms with E-state index >= 15 is 0 Å². The van der Waals surface area contributed by atoms with Gasteiger partial charge in [-0.2, -0.15) is 0 Å². The lowest BCUT2D eigenvalue weighted by molar-refractivity contribution is -0.420. The van der Waals surface area contributed by atoms with E-state index in [1.807, 2.05) is 0 Å². The molecule has 1 aromatic carbocycles. The number of allylic oxidation sites excluding steroid dienone is 2. The van der Waals surface area contributed by atoms with Crippen LogP contribution in [0.5, 0.6) is 0 Å². The molecular formula is C21H16F3N3O7. The van der Waals surface area contributed by atoms with Crippen LogP contribution >= 0.6 is 0 Å². The van der Waals surface area contributed by atoms with E-state index in [0.717, 1.165) is 13.2 Å². The summed E-state index contributed by atoms with van der Waals surface area (Å²) in [5.74, 6) is -4.70. The van der Waals surface area contributed by atoms with Crippen LogP contribution in [0.3, 0.4) is 0 Å². The van der Waals surface area contributed by atoms with Gasteiger partial charge in [-0.15, -0.1) is 0 Å². The average molecular weight is 479 g/mol. The van der Waals surface area contributed by atoms with Gasteiger partial charge in [-0.1, -0.05) is 0 Å². The van der Waals surface area contributed by atoms with Gasteiger partial charge in [-0.25, -0.2) is 27.8 Å². The van der Waals surface area contributed by atoms with Crippen LogP contribution < -0.4 is 5.32 Å². The molecule has 1 aliphatic heterocycles. The van der Waals surface area contributed by atoms with E-state index in [2.05, 4.69) is 15.0 Å². The second kappa shape index (κ2) is 9.63. The molecule has 1 aliphatic carbocycles. The number of benzene rings is 1. The molecule has 13 heteroatoms. The monoisotopic (exact) mass is 479 g/mol. The van der Waals surface area contributed by atoms with Crippen LogP contribution in [0.15, 0.2) is 51.8 Å². The molecule has 0 radical (unpaired) electrons. The molecule has 1 heterocycles. The maximum atomic E-state index is 13.9. The maximum absolute atomic E-state index is 13.9. The summed E-state index contributed by atoms with van der Waals surface area (Å²) in [6.45, 7) is 1.41. The van der Waals surface area contributed by atoms with Crippen molar-refractivity contribution in [3.8, 4) is 0 Å². The van der Waals surface area contributed by atoms with Crippen LogP contribution in [0.4, 0.5) is 13.2 Å². The molecule has 0 spiro atoms. The number of ether oxygens (including phenoxy) is 3. The van der Waals surface area contributed by atoms with E-state index < -0.39 is 40.1 Å². The minimum Gasteiger partial charge on any atom is -0.497 e. The Labute approximate surface area is 189 Å². The molecule has 1 N–H and O–H groups in total. The van der Waals surface area contributed by atoms with Crippen LogP contribution in [0, 0.1) is 27.6 Å². The standard InChI is InChI=1S/C21H16F3N3O7/c1-9-20(19(26-17(8-28)25-9)10-4-12(22)18(24)13(23)5-10)34-16-6-11(21(29)33-3)14(27(30)31)7-15(16)32-2/h4-5,7,16,26H,6H2,1-3H3. The largest absolute Gasteiger partial charge is 0.497 e. The Bertz CT molecular complexity index is 1240. The van der Waals surface area contributed by atoms with Crippen LogP contribution in [0.25, 0.3) is 5.70 Å². The number of carbonyl (C=O) groups is 1. The smallest absolute Gasteiger partial charge is 0.340 e. The molecule has 0 saturated carbocycles. The zero-order valence-electron chi connectivity index (χ0n) is 17.9. The second-order valence-corrected chi connectivity index (χ2v) is 6.90. The highest BCUT2D eigenvalue weighted by Gasteiger charge is 2.37. The Hall–Kier alpha value is -4.38. The van der Waals surface area contributed by atoms with E-state index in [-0.39, 0.29) is 46.3 Å². The van der Waals surface area contributed by atoms with E-state index in [9.17, 15) is 32.9 Å². The number of nitro groups is 1. The molecule has 0 aromatic heterocycles. The highest BCUT2D eigenvalue weighted by Crippen LogP contribution is 2.33. The minimum absolute atomic E-state index is 0.0489. The van der Waals surface area contributed by atoms with Crippen molar-refractivity contribution in [1.82, 2.24) is 5.32 Å². The zero-order chi connectivity index (χ0) is 25.2. The summed E-state index contributed by atoms with van der Waals surface area (Å²) in [5.41, 5.74) is -1.22. The fourth-order valence-corrected chi connectivity index (χ4v) is 3.31. The number of rotatable bonds is 6. The molecule has 1 aromatic rings. The van der Waals surface area contributed by atoms with Crippen molar-refractivity contribution in [3.63, 3.8) is 0 Å². The van der Waals surface area contributed by atoms with E-state index in [1.54, 1.807) is 0 Å². The third-order valence-electron chi connectivity index (χ3n) is 4.87. The first-order chi connectivity index (χ1) is 16.1. The number of aliphatic imine (C=N–C) groups is 1. The van der Waals surface area contributed by atoms with Gasteiger partial charge in [0.05, 0.1) is 36.6 Å². The number of nitrogens with zero attached hydrogens (tertiary/aromatic N) is 2. The molecule has 0 bridgehead atoms. The summed E-state index contributed by atoms with van der Waals surface area (Å²) in [6, 6.07) is 1.34. The number of methoxy groups -OCH3 is 2. The normalized spacial score (nSPS) is 17.9. The van der Waals surface area contributed by atoms with Crippen LogP contribution in [-0.2, 0) is 23.8 Å². The van der Waals surface area contributed by atoms with Gasteiger partial charge < -0.3 is 19.5 Å². The van der Waals surface area contributed by atoms with Crippen LogP contribution in [-0.4, -0.2) is 42.9 Å². The molecule has 34 heavy (non-hydrogen) atoms. The molecule has 0 saturated heterocycles. The van der Waals surface area contributed by atoms with Crippen molar-refractivity contribution < 1.29 is 41.9 Å². The van der Waals surface area contributed by atoms with Gasteiger partial charge in [-0.3, -0.25) is 10.1 Å². The number of hydrogen-bond acceptors (Lipinski definition) is 9. The lowest BCUT2D eigenvalue weighted by atomic mass is 9.98. The molecule has 10 nitrogen and oxygen atoms in total. The lowest BCUT2D eigenvalue weighted by Crippen LogP contribution is -2.30. The fraction of sp³-hybridized carbons (Fsp3) is 0.238. The highest BCUT2D eigenvalue weighted by molar-refractivity contribution is 6.05. The predicted molar refractivity (Wildman–Crippen MR) is 109 cm³/mol. The summed E-state index contributed by atoms with van der Waals surface area (Å²) >= 11 is 0. The van der Waals surface area contributed by atoms with Crippen LogP contribution in [0.1, 0.15) is 18.9 Å². The highest BCUT2D eigenvalue weighted by atomic mass is 19.2. The Morgan fingerprint density at radius 2 is 1.91 bits per heavy atom. The topological polar surface area (TPSA) is 129 Å². The zero-order valence-corrected chi connectivity index (χ0v) is 17.9. The van der Waals surface area contributed by atoms with Gasteiger partial charge >= 0.3 is 5.97 Å². The minimum atomic E-state index is -1.70. The average Bonchev–Trinajstić information content (AvgIpc) is 2.82. The van der Waals surface area contributed by atoms with Crippen molar-refractivity contribution >= 4 is 23.3 Å². The molecule has 2 aliphatic rings. The van der Waals surface area contributed by atoms with Crippen molar-refractivity contribution in [2.75, 3.05) is 14.2 Å². The number of hydrogen-bond donors (Lipinski definition) is 1. The van der Waals surface area contributed by atoms with Crippen molar-refractivity contribution in [3.05, 3.63) is 79.9 Å². The van der Waals surface area contributed by atoms with Gasteiger partial charge in [0.15, 0.2) is 35.3 Å². The molecule has 0 fully saturated rings. The van der Waals surface area contributed by atoms with Crippen molar-refractivity contribution in [1.29, 1.82) is 0 Å². The predicted octanol–water partition coefficient (Wildman–Crippen LogP) is 2.53. The summed E-state index contributed by atoms with van der Waals surface area (Å²) < 4.78 is 57.0. The van der Waals surface area contributed by atoms with Gasteiger partial charge in [0, 0.05) is 12.0 Å². The summed E-state index contributed by atoms with van der Waals surface area (Å²) in [4.78, 5) is 37.9. The number of carbonyl (C=O) groups excluding carboxylic acids is 2. The molecule has 178 valence electrons. The Balaban J connectivity index is 2.13. The quantitative estimate of drug-likeness (QED) is 0.217. The maximum Gasteiger partial charge on any atom is 0.340 e. The fourth-order valence-electron chi connectivity index (χ4n) is 3.31. The Morgan fingerprint density at radius 1 is 1.26 bits per heavy atom. The summed E-state index contributed by atoms with van der Waals surface area (Å²) in [5, 5.41) is 13.9. The van der Waals surface area contributed by atoms with E-state index in [1.165, 1.54) is 20.0 Å². The van der Waals surface area contributed by atoms with Gasteiger partial charge in [0.2, 0.25) is 5.82 Å². The Morgan fingerprint density at radius 3 is 2.44 bits per heavy atom. The van der Waals surface area contributed by atoms with Gasteiger partial charge in [-0.05, 0) is 19.1 Å². The SMILES string of the molecule is COC(=O)C1=C([N+](=O)[O-])C=C(OC)C(OC2=C(c3cc(F)c(F)c(F)c3)NC(=C=O)N=C2C)C1. The van der Waals surface area contributed by atoms with E-state index in [0.29, 0.717) is 12.1 Å². The first kappa shape index (κ1) is 24.3. The summed E-state index contributed by atoms with van der Waals surface area (Å²) in [6.07, 6.45) is -0.524. The van der Waals surface area contributed by atoms with E-state index in [4.69, 9.17) is 9.47 Å². The third-order valence-corrected chi connectivity index (χ3v) is 4.87. The van der Waals surface area contributed by atoms with Gasteiger partial charge in [0.25, 0.3) is 5.70 Å². The van der Waals surface area contributed by atoms with Crippen molar-refractivity contribution in [2.45, 2.75) is 19.4 Å². The van der Waals surface area contributed by atoms with Gasteiger partial charge in [0.1, 0.15) is 11.3 Å². The third kappa shape index (κ3) is 4.55. The van der Waals surface area contributed by atoms with Crippen LogP contribution in [0.2, 0.25) is 0 Å². The first-order valence-corrected chi connectivity index (χ1v) is 9.46. The first-order valence-electron chi connectivity index (χ1n) is 9.46. The molecule has 0 amide bonds. The molecule has 1 atom stereocenters. The number of esters is 1. The number of halogens is 3. The molecule has 1 unspecified atom stereocenters.